The maximum absolute atomic E-state index is 13.8. The SMILES string of the molecule is Cc1ccc(Cc2cnc3c(O)c4c(c(C(=O)N5CCN(C)CC5)c3c2)CN(C)C4=O)cc1. The van der Waals surface area contributed by atoms with Crippen LogP contribution in [0.15, 0.2) is 36.5 Å². The third-order valence-electron chi connectivity index (χ3n) is 6.77. The number of rotatable bonds is 3. The average molecular weight is 445 g/mol. The molecule has 7 nitrogen and oxygen atoms in total. The second-order valence-corrected chi connectivity index (χ2v) is 9.24. The molecule has 0 unspecified atom stereocenters. The van der Waals surface area contributed by atoms with E-state index in [0.717, 1.165) is 24.2 Å². The first-order valence-corrected chi connectivity index (χ1v) is 11.3. The molecule has 0 radical (unpaired) electrons. The summed E-state index contributed by atoms with van der Waals surface area (Å²) in [7, 11) is 3.73. The number of pyridine rings is 1. The minimum absolute atomic E-state index is 0.0956. The Morgan fingerprint density at radius 2 is 1.76 bits per heavy atom. The minimum atomic E-state index is -0.276. The molecule has 5 rings (SSSR count). The number of aromatic nitrogens is 1. The number of amides is 2. The highest BCUT2D eigenvalue weighted by atomic mass is 16.3. The van der Waals surface area contributed by atoms with Crippen LogP contribution in [0.2, 0.25) is 0 Å². The first kappa shape index (κ1) is 21.4. The zero-order valence-corrected chi connectivity index (χ0v) is 19.3. The molecule has 7 heteroatoms. The van der Waals surface area contributed by atoms with E-state index in [4.69, 9.17) is 0 Å². The molecule has 1 aromatic heterocycles. The monoisotopic (exact) mass is 444 g/mol. The fraction of sp³-hybridized carbons (Fsp3) is 0.346. The van der Waals surface area contributed by atoms with Crippen LogP contribution in [-0.2, 0) is 13.0 Å². The van der Waals surface area contributed by atoms with Gasteiger partial charge in [-0.3, -0.25) is 14.6 Å². The van der Waals surface area contributed by atoms with Crippen molar-refractivity contribution in [1.29, 1.82) is 0 Å². The molecule has 2 aliphatic heterocycles. The van der Waals surface area contributed by atoms with Crippen molar-refractivity contribution in [2.24, 2.45) is 0 Å². The van der Waals surface area contributed by atoms with Crippen LogP contribution < -0.4 is 0 Å². The van der Waals surface area contributed by atoms with Gasteiger partial charge in [-0.05, 0) is 37.6 Å². The number of phenols is 1. The van der Waals surface area contributed by atoms with Gasteiger partial charge >= 0.3 is 0 Å². The van der Waals surface area contributed by atoms with Crippen molar-refractivity contribution in [1.82, 2.24) is 19.7 Å². The van der Waals surface area contributed by atoms with E-state index >= 15 is 0 Å². The number of piperazine rings is 1. The van der Waals surface area contributed by atoms with Crippen molar-refractivity contribution in [3.63, 3.8) is 0 Å². The van der Waals surface area contributed by atoms with Crippen molar-refractivity contribution in [2.45, 2.75) is 19.9 Å². The Bertz CT molecular complexity index is 1260. The van der Waals surface area contributed by atoms with Crippen LogP contribution in [0.4, 0.5) is 0 Å². The second kappa shape index (κ2) is 8.15. The molecular formula is C26H28N4O3. The van der Waals surface area contributed by atoms with Crippen molar-refractivity contribution in [3.05, 3.63) is 69.9 Å². The van der Waals surface area contributed by atoms with Crippen LogP contribution in [0, 0.1) is 6.92 Å². The van der Waals surface area contributed by atoms with Gasteiger partial charge in [0.15, 0.2) is 5.75 Å². The summed E-state index contributed by atoms with van der Waals surface area (Å²) in [6, 6.07) is 10.3. The molecule has 1 N–H and O–H groups in total. The van der Waals surface area contributed by atoms with Gasteiger partial charge in [0.25, 0.3) is 11.8 Å². The number of carbonyl (C=O) groups excluding carboxylic acids is 2. The smallest absolute Gasteiger partial charge is 0.258 e. The van der Waals surface area contributed by atoms with Gasteiger partial charge in [0.05, 0.1) is 11.1 Å². The molecule has 0 atom stereocenters. The molecule has 2 aromatic carbocycles. The maximum Gasteiger partial charge on any atom is 0.258 e. The Morgan fingerprint density at radius 3 is 2.45 bits per heavy atom. The summed E-state index contributed by atoms with van der Waals surface area (Å²) in [6.07, 6.45) is 2.39. The molecule has 3 heterocycles. The topological polar surface area (TPSA) is 77.0 Å². The van der Waals surface area contributed by atoms with Gasteiger partial charge in [-0.25, -0.2) is 0 Å². The lowest BCUT2D eigenvalue weighted by Crippen LogP contribution is -2.47. The summed E-state index contributed by atoms with van der Waals surface area (Å²) in [4.78, 5) is 36.7. The van der Waals surface area contributed by atoms with Crippen molar-refractivity contribution in [2.75, 3.05) is 40.3 Å². The van der Waals surface area contributed by atoms with Gasteiger partial charge in [0.2, 0.25) is 0 Å². The first-order chi connectivity index (χ1) is 15.8. The average Bonchev–Trinajstić information content (AvgIpc) is 3.10. The Kier molecular flexibility index (Phi) is 5.29. The molecule has 0 aliphatic carbocycles. The zero-order valence-electron chi connectivity index (χ0n) is 19.3. The van der Waals surface area contributed by atoms with Crippen LogP contribution >= 0.6 is 0 Å². The van der Waals surface area contributed by atoms with E-state index < -0.39 is 0 Å². The third-order valence-corrected chi connectivity index (χ3v) is 6.77. The van der Waals surface area contributed by atoms with E-state index in [2.05, 4.69) is 41.1 Å². The van der Waals surface area contributed by atoms with Gasteiger partial charge in [-0.15, -0.1) is 0 Å². The largest absolute Gasteiger partial charge is 0.505 e. The van der Waals surface area contributed by atoms with E-state index in [1.54, 1.807) is 13.2 Å². The van der Waals surface area contributed by atoms with E-state index in [-0.39, 0.29) is 23.1 Å². The molecule has 2 aliphatic rings. The predicted octanol–water partition coefficient (Wildman–Crippen LogP) is 2.81. The summed E-state index contributed by atoms with van der Waals surface area (Å²) in [5.74, 6) is -0.504. The normalized spacial score (nSPS) is 16.5. The van der Waals surface area contributed by atoms with E-state index in [1.807, 2.05) is 18.0 Å². The fourth-order valence-corrected chi connectivity index (χ4v) is 4.77. The summed E-state index contributed by atoms with van der Waals surface area (Å²) >= 11 is 0. The summed E-state index contributed by atoms with van der Waals surface area (Å²) in [5.41, 5.74) is 4.92. The minimum Gasteiger partial charge on any atom is -0.505 e. The van der Waals surface area contributed by atoms with Crippen molar-refractivity contribution < 1.29 is 14.7 Å². The fourth-order valence-electron chi connectivity index (χ4n) is 4.77. The molecule has 3 aromatic rings. The number of likely N-dealkylation sites (N-methyl/N-ethyl adjacent to an activating group) is 1. The number of phenolic OH excluding ortho intramolecular Hbond substituents is 1. The molecule has 1 saturated heterocycles. The highest BCUT2D eigenvalue weighted by Crippen LogP contribution is 2.40. The van der Waals surface area contributed by atoms with Crippen molar-refractivity contribution in [3.8, 4) is 5.75 Å². The Balaban J connectivity index is 1.65. The summed E-state index contributed by atoms with van der Waals surface area (Å²) < 4.78 is 0. The summed E-state index contributed by atoms with van der Waals surface area (Å²) in [6.45, 7) is 5.23. The standard InChI is InChI=1S/C26H28N4O3/c1-16-4-6-17(7-5-16)12-18-13-19-21(26(33)30-10-8-28(2)9-11-30)20-15-29(3)25(32)22(20)24(31)23(19)27-14-18/h4-7,13-14,31H,8-12,15H2,1-3H3. The zero-order chi connectivity index (χ0) is 23.3. The lowest BCUT2D eigenvalue weighted by Gasteiger charge is -2.33. The molecule has 0 bridgehead atoms. The first-order valence-electron chi connectivity index (χ1n) is 11.3. The number of fused-ring (bicyclic) bond motifs is 2. The molecule has 0 spiro atoms. The highest BCUT2D eigenvalue weighted by Gasteiger charge is 2.36. The molecule has 2 amide bonds. The number of hydrogen-bond acceptors (Lipinski definition) is 5. The van der Waals surface area contributed by atoms with Gasteiger partial charge in [-0.2, -0.15) is 0 Å². The highest BCUT2D eigenvalue weighted by molar-refractivity contribution is 6.15. The van der Waals surface area contributed by atoms with Gasteiger partial charge in [-0.1, -0.05) is 29.8 Å². The number of aryl methyl sites for hydroxylation is 1. The van der Waals surface area contributed by atoms with E-state index in [1.165, 1.54) is 10.5 Å². The third kappa shape index (κ3) is 3.72. The summed E-state index contributed by atoms with van der Waals surface area (Å²) in [5, 5.41) is 11.6. The maximum atomic E-state index is 13.8. The van der Waals surface area contributed by atoms with Crippen LogP contribution in [0.3, 0.4) is 0 Å². The lowest BCUT2D eigenvalue weighted by molar-refractivity contribution is 0.0663. The van der Waals surface area contributed by atoms with Crippen LogP contribution in [0.25, 0.3) is 10.9 Å². The van der Waals surface area contributed by atoms with Crippen LogP contribution in [-0.4, -0.2) is 76.9 Å². The lowest BCUT2D eigenvalue weighted by atomic mass is 9.93. The molecule has 170 valence electrons. The number of hydrogen-bond donors (Lipinski definition) is 1. The van der Waals surface area contributed by atoms with Crippen LogP contribution in [0.1, 0.15) is 43.0 Å². The molecular weight excluding hydrogens is 416 g/mol. The van der Waals surface area contributed by atoms with Gasteiger partial charge < -0.3 is 19.8 Å². The van der Waals surface area contributed by atoms with Gasteiger partial charge in [0.1, 0.15) is 5.52 Å². The Labute approximate surface area is 193 Å². The van der Waals surface area contributed by atoms with Crippen molar-refractivity contribution >= 4 is 22.7 Å². The van der Waals surface area contributed by atoms with E-state index in [0.29, 0.717) is 48.1 Å². The van der Waals surface area contributed by atoms with Crippen LogP contribution in [0.5, 0.6) is 5.75 Å². The van der Waals surface area contributed by atoms with E-state index in [9.17, 15) is 14.7 Å². The quantitative estimate of drug-likeness (QED) is 0.672. The Morgan fingerprint density at radius 1 is 1.06 bits per heavy atom. The molecule has 1 fully saturated rings. The number of carbonyl (C=O) groups is 2. The second-order valence-electron chi connectivity index (χ2n) is 9.24. The molecule has 0 saturated carbocycles. The van der Waals surface area contributed by atoms with Gasteiger partial charge in [0, 0.05) is 56.9 Å². The predicted molar refractivity (Wildman–Crippen MR) is 127 cm³/mol. The molecule has 33 heavy (non-hydrogen) atoms. The number of aromatic hydroxyl groups is 1. The number of nitrogens with zero attached hydrogens (tertiary/aromatic N) is 4. The number of benzene rings is 2. The Hall–Kier alpha value is -3.45.